The molecule has 3 heterocycles. The minimum atomic E-state index is -0.0226. The molecule has 2 aromatic rings. The third kappa shape index (κ3) is 3.09. The Kier molecular flexibility index (Phi) is 4.35. The number of carbonyl (C=O) groups excluding carboxylic acids is 1. The highest BCUT2D eigenvalue weighted by Crippen LogP contribution is 2.37. The number of nitrogens with zero attached hydrogens (tertiary/aromatic N) is 2. The number of carbonyl (C=O) groups is 1. The maximum absolute atomic E-state index is 12.9. The van der Waals surface area contributed by atoms with Gasteiger partial charge in [0.2, 0.25) is 6.79 Å². The first-order valence-corrected chi connectivity index (χ1v) is 9.40. The Morgan fingerprint density at radius 2 is 2.24 bits per heavy atom. The fraction of sp³-hybridized carbons (Fsp3) is 0.444. The Hall–Kier alpha value is -2.12. The van der Waals surface area contributed by atoms with E-state index in [9.17, 15) is 4.79 Å². The van der Waals surface area contributed by atoms with Crippen LogP contribution in [-0.2, 0) is 0 Å². The number of nitrogens with two attached hydrogens (primary N) is 1. The Labute approximate surface area is 150 Å². The second kappa shape index (κ2) is 6.65. The lowest BCUT2D eigenvalue weighted by Crippen LogP contribution is -2.49. The van der Waals surface area contributed by atoms with E-state index in [1.807, 2.05) is 28.5 Å². The highest BCUT2D eigenvalue weighted by Gasteiger charge is 2.30. The van der Waals surface area contributed by atoms with Crippen molar-refractivity contribution in [1.82, 2.24) is 9.88 Å². The third-order valence-electron chi connectivity index (χ3n) is 4.85. The van der Waals surface area contributed by atoms with E-state index in [1.165, 1.54) is 11.3 Å². The largest absolute Gasteiger partial charge is 0.454 e. The number of rotatable bonds is 3. The Balaban J connectivity index is 1.55. The maximum atomic E-state index is 12.9. The van der Waals surface area contributed by atoms with Gasteiger partial charge in [-0.25, -0.2) is 4.98 Å². The van der Waals surface area contributed by atoms with Gasteiger partial charge in [0.25, 0.3) is 5.91 Å². The molecule has 1 aromatic heterocycles. The smallest absolute Gasteiger partial charge is 0.273 e. The van der Waals surface area contributed by atoms with E-state index in [1.54, 1.807) is 0 Å². The molecule has 1 amide bonds. The number of hydrogen-bond acceptors (Lipinski definition) is 6. The van der Waals surface area contributed by atoms with Gasteiger partial charge >= 0.3 is 0 Å². The Morgan fingerprint density at radius 3 is 3.08 bits per heavy atom. The molecule has 2 unspecified atom stereocenters. The average Bonchev–Trinajstić information content (AvgIpc) is 3.29. The summed E-state index contributed by atoms with van der Waals surface area (Å²) in [6.45, 7) is 3.70. The number of piperidine rings is 1. The number of ether oxygens (including phenoxy) is 2. The van der Waals surface area contributed by atoms with Crippen LogP contribution in [0.15, 0.2) is 23.6 Å². The number of fused-ring (bicyclic) bond motifs is 1. The molecule has 0 aliphatic carbocycles. The predicted octanol–water partition coefficient (Wildman–Crippen LogP) is 2.74. The first-order valence-electron chi connectivity index (χ1n) is 8.52. The van der Waals surface area contributed by atoms with Crippen LogP contribution in [0.2, 0.25) is 0 Å². The standard InChI is InChI=1S/C18H21N3O3S/c1-11-4-5-21(13(6-11)8-19)18(22)14-9-25-17(20-14)12-2-3-15-16(7-12)24-10-23-15/h2-3,7,9,11,13H,4-6,8,10,19H2,1H3. The van der Waals surface area contributed by atoms with Gasteiger partial charge in [-0.3, -0.25) is 4.79 Å². The zero-order valence-corrected chi connectivity index (χ0v) is 14.9. The van der Waals surface area contributed by atoms with Crippen molar-refractivity contribution in [2.75, 3.05) is 19.9 Å². The molecule has 1 aromatic carbocycles. The minimum Gasteiger partial charge on any atom is -0.454 e. The number of amides is 1. The molecule has 2 atom stereocenters. The normalized spacial score (nSPS) is 22.2. The molecule has 7 heteroatoms. The summed E-state index contributed by atoms with van der Waals surface area (Å²) >= 11 is 1.46. The van der Waals surface area contributed by atoms with Crippen molar-refractivity contribution < 1.29 is 14.3 Å². The van der Waals surface area contributed by atoms with Gasteiger partial charge in [-0.05, 0) is 37.0 Å². The SMILES string of the molecule is CC1CCN(C(=O)c2csc(-c3ccc4c(c3)OCO4)n2)C(CN)C1. The van der Waals surface area contributed by atoms with E-state index in [2.05, 4.69) is 11.9 Å². The maximum Gasteiger partial charge on any atom is 0.273 e. The van der Waals surface area contributed by atoms with Crippen molar-refractivity contribution in [3.05, 3.63) is 29.3 Å². The van der Waals surface area contributed by atoms with Crippen molar-refractivity contribution in [2.24, 2.45) is 11.7 Å². The summed E-state index contributed by atoms with van der Waals surface area (Å²) in [7, 11) is 0. The second-order valence-electron chi connectivity index (χ2n) is 6.62. The number of hydrogen-bond donors (Lipinski definition) is 1. The molecule has 2 N–H and O–H groups in total. The summed E-state index contributed by atoms with van der Waals surface area (Å²) in [6.07, 6.45) is 1.97. The van der Waals surface area contributed by atoms with E-state index < -0.39 is 0 Å². The first kappa shape index (κ1) is 16.4. The molecule has 0 bridgehead atoms. The van der Waals surface area contributed by atoms with Crippen LogP contribution in [0.25, 0.3) is 10.6 Å². The second-order valence-corrected chi connectivity index (χ2v) is 7.48. The molecule has 0 spiro atoms. The van der Waals surface area contributed by atoms with E-state index >= 15 is 0 Å². The van der Waals surface area contributed by atoms with Crippen LogP contribution in [0.3, 0.4) is 0 Å². The van der Waals surface area contributed by atoms with Crippen LogP contribution in [0.1, 0.15) is 30.3 Å². The molecule has 6 nitrogen and oxygen atoms in total. The van der Waals surface area contributed by atoms with Gasteiger partial charge in [-0.1, -0.05) is 6.92 Å². The number of benzene rings is 1. The van der Waals surface area contributed by atoms with Gasteiger partial charge < -0.3 is 20.1 Å². The molecule has 4 rings (SSSR count). The fourth-order valence-electron chi connectivity index (χ4n) is 3.42. The lowest BCUT2D eigenvalue weighted by molar-refractivity contribution is 0.0568. The number of likely N-dealkylation sites (tertiary alicyclic amines) is 1. The van der Waals surface area contributed by atoms with Gasteiger partial charge in [0.05, 0.1) is 0 Å². The van der Waals surface area contributed by atoms with Crippen LogP contribution in [0, 0.1) is 5.92 Å². The molecule has 25 heavy (non-hydrogen) atoms. The van der Waals surface area contributed by atoms with Crippen molar-refractivity contribution in [1.29, 1.82) is 0 Å². The van der Waals surface area contributed by atoms with Gasteiger partial charge in [0.1, 0.15) is 10.7 Å². The van der Waals surface area contributed by atoms with Crippen LogP contribution >= 0.6 is 11.3 Å². The number of thiazole rings is 1. The minimum absolute atomic E-state index is 0.0226. The summed E-state index contributed by atoms with van der Waals surface area (Å²) < 4.78 is 10.7. The summed E-state index contributed by atoms with van der Waals surface area (Å²) in [5.41, 5.74) is 7.30. The summed E-state index contributed by atoms with van der Waals surface area (Å²) in [4.78, 5) is 19.3. The molecule has 1 fully saturated rings. The van der Waals surface area contributed by atoms with Crippen molar-refractivity contribution in [3.63, 3.8) is 0 Å². The van der Waals surface area contributed by atoms with E-state index in [0.717, 1.165) is 35.7 Å². The van der Waals surface area contributed by atoms with Crippen molar-refractivity contribution in [2.45, 2.75) is 25.8 Å². The molecule has 1 saturated heterocycles. The van der Waals surface area contributed by atoms with Crippen LogP contribution in [-0.4, -0.2) is 41.7 Å². The lowest BCUT2D eigenvalue weighted by Gasteiger charge is -2.37. The van der Waals surface area contributed by atoms with Crippen molar-refractivity contribution in [3.8, 4) is 22.1 Å². The molecule has 0 radical (unpaired) electrons. The first-order chi connectivity index (χ1) is 12.2. The fourth-order valence-corrected chi connectivity index (χ4v) is 4.21. The molecular weight excluding hydrogens is 338 g/mol. The highest BCUT2D eigenvalue weighted by molar-refractivity contribution is 7.13. The summed E-state index contributed by atoms with van der Waals surface area (Å²) in [6, 6.07) is 5.82. The van der Waals surface area contributed by atoms with Crippen molar-refractivity contribution >= 4 is 17.2 Å². The van der Waals surface area contributed by atoms with Gasteiger partial charge in [0, 0.05) is 30.1 Å². The quantitative estimate of drug-likeness (QED) is 0.912. The van der Waals surface area contributed by atoms with Crippen LogP contribution in [0.5, 0.6) is 11.5 Å². The zero-order valence-electron chi connectivity index (χ0n) is 14.1. The summed E-state index contributed by atoms with van der Waals surface area (Å²) in [5.74, 6) is 2.04. The molecule has 2 aliphatic heterocycles. The molecule has 0 saturated carbocycles. The average molecular weight is 359 g/mol. The molecule has 2 aliphatic rings. The zero-order chi connectivity index (χ0) is 17.4. The Bertz CT molecular complexity index is 792. The molecule has 132 valence electrons. The van der Waals surface area contributed by atoms with Gasteiger partial charge in [0.15, 0.2) is 11.5 Å². The third-order valence-corrected chi connectivity index (χ3v) is 5.75. The topological polar surface area (TPSA) is 77.7 Å². The predicted molar refractivity (Wildman–Crippen MR) is 95.9 cm³/mol. The highest BCUT2D eigenvalue weighted by atomic mass is 32.1. The van der Waals surface area contributed by atoms with E-state index in [0.29, 0.717) is 23.9 Å². The van der Waals surface area contributed by atoms with E-state index in [4.69, 9.17) is 15.2 Å². The lowest BCUT2D eigenvalue weighted by atomic mass is 9.92. The molecular formula is C18H21N3O3S. The summed E-state index contributed by atoms with van der Waals surface area (Å²) in [5, 5.41) is 2.63. The van der Waals surface area contributed by atoms with E-state index in [-0.39, 0.29) is 18.7 Å². The monoisotopic (exact) mass is 359 g/mol. The van der Waals surface area contributed by atoms with Gasteiger partial charge in [-0.15, -0.1) is 11.3 Å². The Morgan fingerprint density at radius 1 is 1.40 bits per heavy atom. The van der Waals surface area contributed by atoms with Crippen LogP contribution in [0.4, 0.5) is 0 Å². The van der Waals surface area contributed by atoms with Crippen LogP contribution < -0.4 is 15.2 Å². The van der Waals surface area contributed by atoms with Gasteiger partial charge in [-0.2, -0.15) is 0 Å². The number of aromatic nitrogens is 1.